The molecule has 0 saturated heterocycles. The van der Waals surface area contributed by atoms with Crippen molar-refractivity contribution in [2.24, 2.45) is 0 Å². The van der Waals surface area contributed by atoms with Gasteiger partial charge in [-0.05, 0) is 40.0 Å². The van der Waals surface area contributed by atoms with Crippen molar-refractivity contribution >= 4 is 21.9 Å². The van der Waals surface area contributed by atoms with Gasteiger partial charge in [0.05, 0.1) is 18.7 Å². The summed E-state index contributed by atoms with van der Waals surface area (Å²) >= 11 is 3.27. The van der Waals surface area contributed by atoms with E-state index in [1.165, 1.54) is 7.11 Å². The lowest BCUT2D eigenvalue weighted by atomic mass is 10.1. The van der Waals surface area contributed by atoms with Gasteiger partial charge in [0, 0.05) is 10.9 Å². The minimum absolute atomic E-state index is 0.374. The van der Waals surface area contributed by atoms with E-state index in [9.17, 15) is 4.79 Å². The summed E-state index contributed by atoms with van der Waals surface area (Å²) in [5.41, 5.74) is 1.45. The fourth-order valence-corrected chi connectivity index (χ4v) is 1.60. The zero-order valence-corrected chi connectivity index (χ0v) is 9.87. The molecule has 4 heteroatoms. The van der Waals surface area contributed by atoms with Crippen LogP contribution in [0.4, 0.5) is 0 Å². The molecule has 0 spiro atoms. The van der Waals surface area contributed by atoms with Crippen LogP contribution in [0.5, 0.6) is 0 Å². The monoisotopic (exact) mass is 267 g/mol. The van der Waals surface area contributed by atoms with Gasteiger partial charge in [0.2, 0.25) is 0 Å². The SMILES string of the molecule is COC(=O)c1cc(CCC#N)ccc1Br. The van der Waals surface area contributed by atoms with Gasteiger partial charge in [-0.25, -0.2) is 4.79 Å². The van der Waals surface area contributed by atoms with Gasteiger partial charge >= 0.3 is 5.97 Å². The van der Waals surface area contributed by atoms with Gasteiger partial charge in [0.1, 0.15) is 0 Å². The molecule has 15 heavy (non-hydrogen) atoms. The molecule has 0 aromatic heterocycles. The van der Waals surface area contributed by atoms with E-state index in [0.29, 0.717) is 22.9 Å². The number of methoxy groups -OCH3 is 1. The molecule has 0 fully saturated rings. The molecule has 0 atom stereocenters. The van der Waals surface area contributed by atoms with E-state index in [1.54, 1.807) is 12.1 Å². The summed E-state index contributed by atoms with van der Waals surface area (Å²) in [6.45, 7) is 0. The molecule has 0 heterocycles. The van der Waals surface area contributed by atoms with Crippen LogP contribution in [0.3, 0.4) is 0 Å². The number of hydrogen-bond donors (Lipinski definition) is 0. The van der Waals surface area contributed by atoms with Gasteiger partial charge in [-0.2, -0.15) is 5.26 Å². The number of rotatable bonds is 3. The predicted molar refractivity (Wildman–Crippen MR) is 59.4 cm³/mol. The van der Waals surface area contributed by atoms with Gasteiger partial charge in [0.15, 0.2) is 0 Å². The van der Waals surface area contributed by atoms with E-state index < -0.39 is 0 Å². The average Bonchev–Trinajstić information content (AvgIpc) is 2.27. The molecule has 0 aliphatic carbocycles. The third kappa shape index (κ3) is 3.07. The van der Waals surface area contributed by atoms with Gasteiger partial charge in [-0.3, -0.25) is 0 Å². The summed E-state index contributed by atoms with van der Waals surface area (Å²) in [4.78, 5) is 11.3. The van der Waals surface area contributed by atoms with E-state index >= 15 is 0 Å². The van der Waals surface area contributed by atoms with Crippen LogP contribution in [0, 0.1) is 11.3 Å². The molecule has 0 saturated carbocycles. The first-order valence-corrected chi connectivity index (χ1v) is 5.22. The Kier molecular flexibility index (Phi) is 4.32. The zero-order chi connectivity index (χ0) is 11.3. The normalized spacial score (nSPS) is 9.40. The first-order chi connectivity index (χ1) is 7.19. The zero-order valence-electron chi connectivity index (χ0n) is 8.29. The van der Waals surface area contributed by atoms with Crippen molar-refractivity contribution in [3.8, 4) is 6.07 Å². The summed E-state index contributed by atoms with van der Waals surface area (Å²) in [5, 5.41) is 8.46. The molecule has 0 unspecified atom stereocenters. The van der Waals surface area contributed by atoms with Crippen molar-refractivity contribution in [3.05, 3.63) is 33.8 Å². The standard InChI is InChI=1S/C11H10BrNO2/c1-15-11(14)9-7-8(3-2-6-13)4-5-10(9)12/h4-5,7H,2-3H2,1H3. The summed E-state index contributed by atoms with van der Waals surface area (Å²) in [6.07, 6.45) is 1.09. The van der Waals surface area contributed by atoms with Crippen LogP contribution < -0.4 is 0 Å². The first-order valence-electron chi connectivity index (χ1n) is 4.42. The Hall–Kier alpha value is -1.34. The maximum atomic E-state index is 11.3. The number of nitrogens with zero attached hydrogens (tertiary/aromatic N) is 1. The third-order valence-electron chi connectivity index (χ3n) is 1.96. The highest BCUT2D eigenvalue weighted by molar-refractivity contribution is 9.10. The van der Waals surface area contributed by atoms with Crippen LogP contribution in [-0.4, -0.2) is 13.1 Å². The van der Waals surface area contributed by atoms with Crippen molar-refractivity contribution in [2.75, 3.05) is 7.11 Å². The minimum Gasteiger partial charge on any atom is -0.465 e. The second-order valence-electron chi connectivity index (χ2n) is 2.96. The molecular weight excluding hydrogens is 258 g/mol. The van der Waals surface area contributed by atoms with Crippen molar-refractivity contribution in [3.63, 3.8) is 0 Å². The second-order valence-corrected chi connectivity index (χ2v) is 3.82. The summed E-state index contributed by atoms with van der Waals surface area (Å²) in [7, 11) is 1.34. The van der Waals surface area contributed by atoms with Gasteiger partial charge in [-0.15, -0.1) is 0 Å². The summed E-state index contributed by atoms with van der Waals surface area (Å²) in [5.74, 6) is -0.374. The summed E-state index contributed by atoms with van der Waals surface area (Å²) < 4.78 is 5.35. The maximum absolute atomic E-state index is 11.3. The van der Waals surface area contributed by atoms with Crippen LogP contribution in [0.2, 0.25) is 0 Å². The van der Waals surface area contributed by atoms with Crippen LogP contribution >= 0.6 is 15.9 Å². The second kappa shape index (κ2) is 5.52. The van der Waals surface area contributed by atoms with Crippen LogP contribution in [-0.2, 0) is 11.2 Å². The lowest BCUT2D eigenvalue weighted by Crippen LogP contribution is -2.03. The molecule has 1 aromatic carbocycles. The van der Waals surface area contributed by atoms with Crippen molar-refractivity contribution in [1.29, 1.82) is 5.26 Å². The van der Waals surface area contributed by atoms with Crippen LogP contribution in [0.1, 0.15) is 22.3 Å². The number of esters is 1. The average molecular weight is 268 g/mol. The quantitative estimate of drug-likeness (QED) is 0.792. The van der Waals surface area contributed by atoms with Gasteiger partial charge in [0.25, 0.3) is 0 Å². The fraction of sp³-hybridized carbons (Fsp3) is 0.273. The van der Waals surface area contributed by atoms with E-state index in [0.717, 1.165) is 5.56 Å². The minimum atomic E-state index is -0.374. The molecule has 78 valence electrons. The van der Waals surface area contributed by atoms with Crippen molar-refractivity contribution in [1.82, 2.24) is 0 Å². The smallest absolute Gasteiger partial charge is 0.339 e. The molecule has 1 aromatic rings. The highest BCUT2D eigenvalue weighted by Crippen LogP contribution is 2.19. The number of halogens is 1. The van der Waals surface area contributed by atoms with Crippen molar-refractivity contribution in [2.45, 2.75) is 12.8 Å². The highest BCUT2D eigenvalue weighted by atomic mass is 79.9. The van der Waals surface area contributed by atoms with E-state index in [-0.39, 0.29) is 5.97 Å². The number of benzene rings is 1. The number of ether oxygens (including phenoxy) is 1. The Morgan fingerprint density at radius 1 is 1.60 bits per heavy atom. The Balaban J connectivity index is 2.96. The predicted octanol–water partition coefficient (Wildman–Crippen LogP) is 2.69. The molecule has 0 aliphatic rings. The maximum Gasteiger partial charge on any atom is 0.339 e. The lowest BCUT2D eigenvalue weighted by Gasteiger charge is -2.04. The summed E-state index contributed by atoms with van der Waals surface area (Å²) in [6, 6.07) is 7.48. The molecule has 0 radical (unpaired) electrons. The largest absolute Gasteiger partial charge is 0.465 e. The topological polar surface area (TPSA) is 50.1 Å². The van der Waals surface area contributed by atoms with E-state index in [1.807, 2.05) is 6.07 Å². The first kappa shape index (κ1) is 11.7. The van der Waals surface area contributed by atoms with E-state index in [4.69, 9.17) is 5.26 Å². The number of carbonyl (C=O) groups excluding carboxylic acids is 1. The molecular formula is C11H10BrNO2. The molecule has 0 amide bonds. The van der Waals surface area contributed by atoms with E-state index in [2.05, 4.69) is 26.7 Å². The number of hydrogen-bond acceptors (Lipinski definition) is 3. The fourth-order valence-electron chi connectivity index (χ4n) is 1.19. The van der Waals surface area contributed by atoms with Crippen LogP contribution in [0.15, 0.2) is 22.7 Å². The Morgan fingerprint density at radius 3 is 2.93 bits per heavy atom. The number of nitriles is 1. The molecule has 1 rings (SSSR count). The third-order valence-corrected chi connectivity index (χ3v) is 2.65. The van der Waals surface area contributed by atoms with Crippen molar-refractivity contribution < 1.29 is 9.53 Å². The van der Waals surface area contributed by atoms with Gasteiger partial charge in [-0.1, -0.05) is 6.07 Å². The number of aryl methyl sites for hydroxylation is 1. The molecule has 3 nitrogen and oxygen atoms in total. The lowest BCUT2D eigenvalue weighted by molar-refractivity contribution is 0.0599. The highest BCUT2D eigenvalue weighted by Gasteiger charge is 2.10. The molecule has 0 aliphatic heterocycles. The number of carbonyl (C=O) groups is 1. The Labute approximate surface area is 96.8 Å². The van der Waals surface area contributed by atoms with Gasteiger partial charge < -0.3 is 4.74 Å². The molecule has 0 bridgehead atoms. The van der Waals surface area contributed by atoms with Crippen LogP contribution in [0.25, 0.3) is 0 Å². The Bertz CT molecular complexity index is 410. The Morgan fingerprint density at radius 2 is 2.33 bits per heavy atom. The molecule has 0 N–H and O–H groups in total.